The lowest BCUT2D eigenvalue weighted by molar-refractivity contribution is 0.0524. The van der Waals surface area contributed by atoms with Crippen molar-refractivity contribution in [3.05, 3.63) is 23.5 Å². The summed E-state index contributed by atoms with van der Waals surface area (Å²) in [6.07, 6.45) is 9.19. The number of amides is 1. The average Bonchev–Trinajstić information content (AvgIpc) is 2.33. The van der Waals surface area contributed by atoms with E-state index in [1.165, 1.54) is 0 Å². The van der Waals surface area contributed by atoms with E-state index in [0.29, 0.717) is 19.6 Å². The molecule has 0 aliphatic heterocycles. The third kappa shape index (κ3) is 11.2. The van der Waals surface area contributed by atoms with Crippen molar-refractivity contribution in [2.75, 3.05) is 13.2 Å². The van der Waals surface area contributed by atoms with Gasteiger partial charge < -0.3 is 14.8 Å². The van der Waals surface area contributed by atoms with Gasteiger partial charge in [0.2, 0.25) is 0 Å². The van der Waals surface area contributed by atoms with E-state index in [1.54, 1.807) is 0 Å². The van der Waals surface area contributed by atoms with Gasteiger partial charge in [0, 0.05) is 6.54 Å². The Morgan fingerprint density at radius 2 is 1.95 bits per heavy atom. The molecular formula is C16H25NO3. The van der Waals surface area contributed by atoms with Crippen LogP contribution < -0.4 is 5.32 Å². The molecule has 0 bridgehead atoms. The number of hydrogen-bond acceptors (Lipinski definition) is 3. The zero-order valence-corrected chi connectivity index (χ0v) is 13.1. The minimum Gasteiger partial charge on any atom is -0.498 e. The molecule has 0 radical (unpaired) electrons. The first-order valence-electron chi connectivity index (χ1n) is 6.66. The fourth-order valence-electron chi connectivity index (χ4n) is 1.15. The Hall–Kier alpha value is -1.89. The molecule has 0 aromatic carbocycles. The second-order valence-corrected chi connectivity index (χ2v) is 5.40. The van der Waals surface area contributed by atoms with E-state index in [2.05, 4.69) is 11.2 Å². The molecule has 0 saturated carbocycles. The molecule has 0 atom stereocenters. The van der Waals surface area contributed by atoms with Crippen LogP contribution >= 0.6 is 0 Å². The summed E-state index contributed by atoms with van der Waals surface area (Å²) in [5.41, 5.74) is 0.376. The summed E-state index contributed by atoms with van der Waals surface area (Å²) in [5, 5.41) is 2.67. The van der Waals surface area contributed by atoms with Gasteiger partial charge in [-0.2, -0.15) is 0 Å². The molecular weight excluding hydrogens is 254 g/mol. The number of rotatable bonds is 6. The Kier molecular flexibility index (Phi) is 8.23. The molecule has 0 aromatic heterocycles. The van der Waals surface area contributed by atoms with Gasteiger partial charge in [0.05, 0.1) is 12.4 Å². The second-order valence-electron chi connectivity index (χ2n) is 5.40. The first kappa shape index (κ1) is 18.1. The minimum absolute atomic E-state index is 0.405. The quantitative estimate of drug-likeness (QED) is 0.351. The van der Waals surface area contributed by atoms with Gasteiger partial charge in [-0.25, -0.2) is 4.79 Å². The fourth-order valence-corrected chi connectivity index (χ4v) is 1.15. The first-order chi connectivity index (χ1) is 9.24. The molecule has 0 saturated heterocycles. The summed E-state index contributed by atoms with van der Waals surface area (Å²) in [5.74, 6) is 3.32. The standard InChI is InChI=1S/C16H25NO3/c1-7-13(2)9-10-14(3)19-12-8-11-17-15(18)20-16(4,5)6/h1,9-10H,8,11-12H2,2-6H3,(H,17,18). The number of hydrogen-bond donors (Lipinski definition) is 1. The molecule has 0 aliphatic carbocycles. The van der Waals surface area contributed by atoms with Crippen LogP contribution in [0.3, 0.4) is 0 Å². The highest BCUT2D eigenvalue weighted by atomic mass is 16.6. The third-order valence-corrected chi connectivity index (χ3v) is 2.11. The average molecular weight is 279 g/mol. The van der Waals surface area contributed by atoms with E-state index >= 15 is 0 Å². The van der Waals surface area contributed by atoms with Crippen molar-refractivity contribution in [2.24, 2.45) is 0 Å². The number of ether oxygens (including phenoxy) is 2. The third-order valence-electron chi connectivity index (χ3n) is 2.11. The van der Waals surface area contributed by atoms with Crippen LogP contribution in [0.2, 0.25) is 0 Å². The van der Waals surface area contributed by atoms with Crippen LogP contribution in [0.4, 0.5) is 4.79 Å². The summed E-state index contributed by atoms with van der Waals surface area (Å²) in [6.45, 7) is 10.2. The molecule has 1 N–H and O–H groups in total. The van der Waals surface area contributed by atoms with Gasteiger partial charge in [-0.15, -0.1) is 6.42 Å². The van der Waals surface area contributed by atoms with E-state index in [-0.39, 0.29) is 0 Å². The van der Waals surface area contributed by atoms with Gasteiger partial charge in [-0.3, -0.25) is 0 Å². The smallest absolute Gasteiger partial charge is 0.407 e. The van der Waals surface area contributed by atoms with Gasteiger partial charge in [-0.1, -0.05) is 5.92 Å². The second kappa shape index (κ2) is 9.08. The number of carbonyl (C=O) groups excluding carboxylic acids is 1. The monoisotopic (exact) mass is 279 g/mol. The van der Waals surface area contributed by atoms with Crippen molar-refractivity contribution in [2.45, 2.75) is 46.6 Å². The molecule has 112 valence electrons. The van der Waals surface area contributed by atoms with Gasteiger partial charge in [-0.05, 0) is 58.8 Å². The van der Waals surface area contributed by atoms with Crippen LogP contribution in [0.15, 0.2) is 23.5 Å². The van der Waals surface area contributed by atoms with E-state index in [4.69, 9.17) is 15.9 Å². The predicted molar refractivity (Wildman–Crippen MR) is 81.2 cm³/mol. The lowest BCUT2D eigenvalue weighted by Crippen LogP contribution is -2.33. The summed E-state index contributed by atoms with van der Waals surface area (Å²) < 4.78 is 10.6. The van der Waals surface area contributed by atoms with Crippen molar-refractivity contribution in [3.8, 4) is 12.3 Å². The Morgan fingerprint density at radius 3 is 2.50 bits per heavy atom. The number of alkyl carbamates (subject to hydrolysis) is 1. The van der Waals surface area contributed by atoms with Crippen molar-refractivity contribution < 1.29 is 14.3 Å². The van der Waals surface area contributed by atoms with Crippen molar-refractivity contribution >= 4 is 6.09 Å². The molecule has 0 aliphatic rings. The zero-order chi connectivity index (χ0) is 15.6. The number of nitrogens with one attached hydrogen (secondary N) is 1. The molecule has 0 spiro atoms. The largest absolute Gasteiger partial charge is 0.498 e. The molecule has 20 heavy (non-hydrogen) atoms. The van der Waals surface area contributed by atoms with Gasteiger partial charge in [0.25, 0.3) is 0 Å². The maximum absolute atomic E-state index is 11.4. The first-order valence-corrected chi connectivity index (χ1v) is 6.66. The molecule has 0 unspecified atom stereocenters. The number of carbonyl (C=O) groups is 1. The number of terminal acetylenes is 1. The molecule has 1 amide bonds. The molecule has 0 heterocycles. The molecule has 4 nitrogen and oxygen atoms in total. The highest BCUT2D eigenvalue weighted by Crippen LogP contribution is 2.06. The molecule has 4 heteroatoms. The minimum atomic E-state index is -0.471. The summed E-state index contributed by atoms with van der Waals surface area (Å²) in [4.78, 5) is 11.4. The van der Waals surface area contributed by atoms with Crippen molar-refractivity contribution in [3.63, 3.8) is 0 Å². The zero-order valence-electron chi connectivity index (χ0n) is 13.1. The highest BCUT2D eigenvalue weighted by Gasteiger charge is 2.15. The van der Waals surface area contributed by atoms with Crippen molar-refractivity contribution in [1.82, 2.24) is 5.32 Å². The van der Waals surface area contributed by atoms with Gasteiger partial charge in [0.15, 0.2) is 0 Å². The molecule has 0 rings (SSSR count). The summed E-state index contributed by atoms with van der Waals surface area (Å²) >= 11 is 0. The highest BCUT2D eigenvalue weighted by molar-refractivity contribution is 5.67. The maximum atomic E-state index is 11.4. The summed E-state index contributed by atoms with van der Waals surface area (Å²) in [6, 6.07) is 0. The topological polar surface area (TPSA) is 47.6 Å². The Labute approximate surface area is 122 Å². The predicted octanol–water partition coefficient (Wildman–Crippen LogP) is 3.40. The van der Waals surface area contributed by atoms with Gasteiger partial charge in [0.1, 0.15) is 5.60 Å². The number of allylic oxidation sites excluding steroid dienone is 4. The SMILES string of the molecule is C#CC(C)=CC=C(C)OCCCNC(=O)OC(C)(C)C. The Bertz CT molecular complexity index is 408. The van der Waals surface area contributed by atoms with Crippen LogP contribution in [0.1, 0.15) is 41.0 Å². The lowest BCUT2D eigenvalue weighted by Gasteiger charge is -2.19. The van der Waals surface area contributed by atoms with Crippen molar-refractivity contribution in [1.29, 1.82) is 0 Å². The summed E-state index contributed by atoms with van der Waals surface area (Å²) in [7, 11) is 0. The van der Waals surface area contributed by atoms with Crippen LogP contribution in [0.25, 0.3) is 0 Å². The van der Waals surface area contributed by atoms with Crippen LogP contribution in [-0.2, 0) is 9.47 Å². The lowest BCUT2D eigenvalue weighted by atomic mass is 10.2. The van der Waals surface area contributed by atoms with E-state index < -0.39 is 11.7 Å². The van der Waals surface area contributed by atoms with E-state index in [9.17, 15) is 4.79 Å². The maximum Gasteiger partial charge on any atom is 0.407 e. The Morgan fingerprint density at radius 1 is 1.30 bits per heavy atom. The fraction of sp³-hybridized carbons (Fsp3) is 0.562. The van der Waals surface area contributed by atoms with E-state index in [0.717, 1.165) is 11.3 Å². The van der Waals surface area contributed by atoms with Crippen LogP contribution in [-0.4, -0.2) is 24.8 Å². The van der Waals surface area contributed by atoms with Crippen LogP contribution in [0, 0.1) is 12.3 Å². The van der Waals surface area contributed by atoms with E-state index in [1.807, 2.05) is 46.8 Å². The van der Waals surface area contributed by atoms with Gasteiger partial charge >= 0.3 is 6.09 Å². The molecule has 0 aromatic rings. The Balaban J connectivity index is 3.78. The van der Waals surface area contributed by atoms with Crippen LogP contribution in [0.5, 0.6) is 0 Å². The molecule has 0 fully saturated rings. The normalized spacial score (nSPS) is 12.6.